The molecule has 14 heavy (non-hydrogen) atoms. The van der Waals surface area contributed by atoms with Crippen molar-refractivity contribution in [1.82, 2.24) is 10.6 Å². The molecular weight excluding hydrogens is 176 g/mol. The maximum Gasteiger partial charge on any atom is 0.136 e. The van der Waals surface area contributed by atoms with Crippen LogP contribution in [0.25, 0.3) is 0 Å². The van der Waals surface area contributed by atoms with Gasteiger partial charge in [-0.2, -0.15) is 0 Å². The first-order valence-electron chi connectivity index (χ1n) is 5.53. The fourth-order valence-corrected chi connectivity index (χ4v) is 1.51. The van der Waals surface area contributed by atoms with E-state index in [4.69, 9.17) is 11.5 Å². The highest BCUT2D eigenvalue weighted by molar-refractivity contribution is 4.87. The van der Waals surface area contributed by atoms with Gasteiger partial charge in [-0.05, 0) is 20.5 Å². The normalized spacial score (nSPS) is 14.4. The lowest BCUT2D eigenvalue weighted by molar-refractivity contribution is 0.234. The molecule has 0 spiro atoms. The minimum atomic E-state index is -0.633. The summed E-state index contributed by atoms with van der Waals surface area (Å²) in [6.45, 7) is 2.20. The van der Waals surface area contributed by atoms with E-state index in [2.05, 4.69) is 17.6 Å². The molecule has 0 aliphatic carbocycles. The number of rotatable bonds is 8. The summed E-state index contributed by atoms with van der Waals surface area (Å²) in [5, 5.41) is 6.02. The van der Waals surface area contributed by atoms with E-state index in [0.717, 1.165) is 12.8 Å². The van der Waals surface area contributed by atoms with Crippen LogP contribution in [0, 0.1) is 0 Å². The van der Waals surface area contributed by atoms with E-state index in [-0.39, 0.29) is 6.04 Å². The lowest BCUT2D eigenvalue weighted by Crippen LogP contribution is -2.71. The zero-order valence-electron chi connectivity index (χ0n) is 9.77. The van der Waals surface area contributed by atoms with Crippen molar-refractivity contribution in [3.8, 4) is 0 Å². The highest BCUT2D eigenvalue weighted by atomic mass is 15.3. The molecule has 0 radical (unpaired) electrons. The van der Waals surface area contributed by atoms with E-state index >= 15 is 0 Å². The maximum absolute atomic E-state index is 6.01. The van der Waals surface area contributed by atoms with Crippen LogP contribution in [0.15, 0.2) is 0 Å². The van der Waals surface area contributed by atoms with Gasteiger partial charge in [-0.3, -0.25) is 16.4 Å². The zero-order chi connectivity index (χ0) is 11.0. The average Bonchev–Trinajstić information content (AvgIpc) is 2.22. The molecule has 0 fully saturated rings. The van der Waals surface area contributed by atoms with Gasteiger partial charge in [-0.25, -0.2) is 0 Å². The van der Waals surface area contributed by atoms with Crippen molar-refractivity contribution in [2.75, 3.05) is 14.1 Å². The van der Waals surface area contributed by atoms with Gasteiger partial charge >= 0.3 is 0 Å². The third kappa shape index (κ3) is 4.37. The molecule has 0 amide bonds. The molecule has 0 rings (SSSR count). The van der Waals surface area contributed by atoms with Gasteiger partial charge in [0, 0.05) is 6.04 Å². The topological polar surface area (TPSA) is 76.1 Å². The second-order valence-electron chi connectivity index (χ2n) is 3.82. The Hall–Kier alpha value is -0.160. The second-order valence-corrected chi connectivity index (χ2v) is 3.82. The Balaban J connectivity index is 3.75. The molecule has 4 nitrogen and oxygen atoms in total. The van der Waals surface area contributed by atoms with Gasteiger partial charge in [0.05, 0.1) is 0 Å². The summed E-state index contributed by atoms with van der Waals surface area (Å²) in [6.07, 6.45) is 5.88. The molecule has 6 N–H and O–H groups in total. The van der Waals surface area contributed by atoms with Crippen molar-refractivity contribution in [2.24, 2.45) is 11.5 Å². The summed E-state index contributed by atoms with van der Waals surface area (Å²) in [5.41, 5.74) is 12.0. The standard InChI is InChI=1S/C10H26N4/c1-4-5-6-7-8-9(11)10(12,13-2)14-3/h9,13-14H,4-8,11-12H2,1-3H3. The van der Waals surface area contributed by atoms with Gasteiger partial charge in [-0.15, -0.1) is 0 Å². The summed E-state index contributed by atoms with van der Waals surface area (Å²) >= 11 is 0. The number of unbranched alkanes of at least 4 members (excludes halogenated alkanes) is 3. The number of likely N-dealkylation sites (N-methyl/N-ethyl adjacent to an activating group) is 2. The van der Waals surface area contributed by atoms with E-state index in [1.54, 1.807) is 0 Å². The van der Waals surface area contributed by atoms with Gasteiger partial charge < -0.3 is 5.73 Å². The molecule has 0 aliphatic heterocycles. The first-order valence-corrected chi connectivity index (χ1v) is 5.53. The van der Waals surface area contributed by atoms with Gasteiger partial charge in [0.1, 0.15) is 5.79 Å². The van der Waals surface area contributed by atoms with Crippen molar-refractivity contribution in [1.29, 1.82) is 0 Å². The quantitative estimate of drug-likeness (QED) is 0.338. The molecule has 0 aromatic carbocycles. The highest BCUT2D eigenvalue weighted by Gasteiger charge is 2.27. The average molecular weight is 202 g/mol. The molecule has 1 unspecified atom stereocenters. The molecular formula is C10H26N4. The monoisotopic (exact) mass is 202 g/mol. The number of nitrogens with one attached hydrogen (secondary N) is 2. The Morgan fingerprint density at radius 2 is 1.71 bits per heavy atom. The predicted molar refractivity (Wildman–Crippen MR) is 61.8 cm³/mol. The zero-order valence-corrected chi connectivity index (χ0v) is 9.77. The third-order valence-corrected chi connectivity index (χ3v) is 2.78. The van der Waals surface area contributed by atoms with Crippen molar-refractivity contribution >= 4 is 0 Å². The van der Waals surface area contributed by atoms with E-state index in [1.165, 1.54) is 19.3 Å². The summed E-state index contributed by atoms with van der Waals surface area (Å²) in [7, 11) is 3.64. The number of hydrogen-bond acceptors (Lipinski definition) is 4. The van der Waals surface area contributed by atoms with E-state index in [1.807, 2.05) is 14.1 Å². The second kappa shape index (κ2) is 7.17. The van der Waals surface area contributed by atoms with Crippen LogP contribution in [0.1, 0.15) is 39.0 Å². The molecule has 0 aromatic heterocycles. The van der Waals surface area contributed by atoms with Crippen molar-refractivity contribution < 1.29 is 0 Å². The summed E-state index contributed by atoms with van der Waals surface area (Å²) in [5.74, 6) is -0.633. The molecule has 0 saturated carbocycles. The SMILES string of the molecule is CCCCCCC(N)C(N)(NC)NC. The molecule has 0 aliphatic rings. The van der Waals surface area contributed by atoms with Gasteiger partial charge in [-0.1, -0.05) is 32.6 Å². The van der Waals surface area contributed by atoms with Crippen LogP contribution in [0.2, 0.25) is 0 Å². The largest absolute Gasteiger partial charge is 0.324 e. The lowest BCUT2D eigenvalue weighted by Gasteiger charge is -2.34. The summed E-state index contributed by atoms with van der Waals surface area (Å²) in [6, 6.07) is -0.0469. The Morgan fingerprint density at radius 1 is 1.14 bits per heavy atom. The van der Waals surface area contributed by atoms with Crippen LogP contribution in [0.5, 0.6) is 0 Å². The van der Waals surface area contributed by atoms with E-state index in [9.17, 15) is 0 Å². The fourth-order valence-electron chi connectivity index (χ4n) is 1.51. The molecule has 0 bridgehead atoms. The van der Waals surface area contributed by atoms with Crippen molar-refractivity contribution in [3.05, 3.63) is 0 Å². The van der Waals surface area contributed by atoms with Gasteiger partial charge in [0.2, 0.25) is 0 Å². The minimum Gasteiger partial charge on any atom is -0.324 e. The van der Waals surface area contributed by atoms with Crippen LogP contribution in [0.3, 0.4) is 0 Å². The molecule has 4 heteroatoms. The van der Waals surface area contributed by atoms with Crippen LogP contribution in [-0.2, 0) is 0 Å². The number of hydrogen-bond donors (Lipinski definition) is 4. The molecule has 1 atom stereocenters. The lowest BCUT2D eigenvalue weighted by atomic mass is 10.0. The first-order chi connectivity index (χ1) is 6.60. The van der Waals surface area contributed by atoms with Crippen molar-refractivity contribution in [3.63, 3.8) is 0 Å². The van der Waals surface area contributed by atoms with Gasteiger partial charge in [0.15, 0.2) is 0 Å². The summed E-state index contributed by atoms with van der Waals surface area (Å²) in [4.78, 5) is 0. The minimum absolute atomic E-state index is 0.0469. The Labute approximate surface area is 87.8 Å². The highest BCUT2D eigenvalue weighted by Crippen LogP contribution is 2.08. The Morgan fingerprint density at radius 3 is 2.14 bits per heavy atom. The summed E-state index contributed by atoms with van der Waals surface area (Å²) < 4.78 is 0. The number of nitrogens with two attached hydrogens (primary N) is 2. The molecule has 86 valence electrons. The van der Waals surface area contributed by atoms with Crippen LogP contribution >= 0.6 is 0 Å². The third-order valence-electron chi connectivity index (χ3n) is 2.78. The Kier molecular flexibility index (Phi) is 7.09. The first kappa shape index (κ1) is 13.8. The fraction of sp³-hybridized carbons (Fsp3) is 1.00. The van der Waals surface area contributed by atoms with E-state index < -0.39 is 5.79 Å². The molecule has 0 aromatic rings. The van der Waals surface area contributed by atoms with Crippen molar-refractivity contribution in [2.45, 2.75) is 50.9 Å². The Bertz CT molecular complexity index is 134. The molecule has 0 saturated heterocycles. The van der Waals surface area contributed by atoms with Crippen LogP contribution < -0.4 is 22.1 Å². The maximum atomic E-state index is 6.01. The van der Waals surface area contributed by atoms with Crippen LogP contribution in [-0.4, -0.2) is 25.9 Å². The van der Waals surface area contributed by atoms with Gasteiger partial charge in [0.25, 0.3) is 0 Å². The molecule has 0 heterocycles. The predicted octanol–water partition coefficient (Wildman–Crippen LogP) is 0.335. The van der Waals surface area contributed by atoms with E-state index in [0.29, 0.717) is 0 Å². The van der Waals surface area contributed by atoms with Crippen LogP contribution in [0.4, 0.5) is 0 Å². The smallest absolute Gasteiger partial charge is 0.136 e.